The van der Waals surface area contributed by atoms with E-state index < -0.39 is 6.04 Å². The lowest BCUT2D eigenvalue weighted by Crippen LogP contribution is -2.53. The number of nitrogens with zero attached hydrogens (tertiary/aromatic N) is 4. The summed E-state index contributed by atoms with van der Waals surface area (Å²) in [4.78, 5) is 28.0. The number of aryl methyl sites for hydroxylation is 2. The van der Waals surface area contributed by atoms with Gasteiger partial charge in [-0.1, -0.05) is 0 Å². The van der Waals surface area contributed by atoms with Crippen LogP contribution in [0.25, 0.3) is 0 Å². The minimum atomic E-state index is -0.526. The van der Waals surface area contributed by atoms with Crippen LogP contribution in [0.1, 0.15) is 17.1 Å². The molecule has 7 heteroatoms. The van der Waals surface area contributed by atoms with Gasteiger partial charge in [-0.3, -0.25) is 9.78 Å². The summed E-state index contributed by atoms with van der Waals surface area (Å²) in [5, 5.41) is 0. The lowest BCUT2D eigenvalue weighted by Gasteiger charge is -2.37. The molecule has 2 aromatic heterocycles. The van der Waals surface area contributed by atoms with Gasteiger partial charge in [-0.05, 0) is 26.0 Å². The number of nitrogens with one attached hydrogen (secondary N) is 1. The first-order chi connectivity index (χ1) is 11.5. The zero-order chi connectivity index (χ0) is 17.1. The number of carbonyl (C=O) groups is 1. The molecule has 0 radical (unpaired) electrons. The second kappa shape index (κ2) is 7.00. The Morgan fingerprint density at radius 1 is 1.25 bits per heavy atom. The molecule has 1 amide bonds. The molecule has 24 heavy (non-hydrogen) atoms. The molecule has 0 bridgehead atoms. The van der Waals surface area contributed by atoms with E-state index in [-0.39, 0.29) is 5.91 Å². The second-order valence-electron chi connectivity index (χ2n) is 6.31. The van der Waals surface area contributed by atoms with Crippen molar-refractivity contribution in [1.82, 2.24) is 19.9 Å². The fraction of sp³-hybridized carbons (Fsp3) is 0.471. The van der Waals surface area contributed by atoms with Gasteiger partial charge in [0.15, 0.2) is 0 Å². The van der Waals surface area contributed by atoms with E-state index in [1.165, 1.54) is 5.69 Å². The Labute approximate surface area is 141 Å². The van der Waals surface area contributed by atoms with Crippen molar-refractivity contribution < 1.29 is 4.79 Å². The number of imidazole rings is 1. The molecule has 3 N–H and O–H groups in total. The Kier molecular flexibility index (Phi) is 4.80. The number of carbonyl (C=O) groups excluding carboxylic acids is 1. The van der Waals surface area contributed by atoms with Gasteiger partial charge < -0.3 is 20.5 Å². The quantitative estimate of drug-likeness (QED) is 0.859. The monoisotopic (exact) mass is 328 g/mol. The first-order valence-electron chi connectivity index (χ1n) is 8.25. The van der Waals surface area contributed by atoms with Crippen LogP contribution in [-0.4, -0.2) is 58.0 Å². The molecular weight excluding hydrogens is 304 g/mol. The molecule has 0 unspecified atom stereocenters. The molecule has 3 heterocycles. The van der Waals surface area contributed by atoms with E-state index in [2.05, 4.69) is 32.0 Å². The van der Waals surface area contributed by atoms with Crippen LogP contribution in [-0.2, 0) is 11.2 Å². The zero-order valence-corrected chi connectivity index (χ0v) is 14.2. The summed E-state index contributed by atoms with van der Waals surface area (Å²) < 4.78 is 0. The predicted molar refractivity (Wildman–Crippen MR) is 92.8 cm³/mol. The van der Waals surface area contributed by atoms with E-state index in [9.17, 15) is 4.79 Å². The average molecular weight is 328 g/mol. The van der Waals surface area contributed by atoms with Crippen LogP contribution in [0.2, 0.25) is 0 Å². The standard InChI is InChI=1S/C17H24N6O/c1-12-7-15(8-13(2)21-12)22-3-5-23(6-4-22)17(24)16(18)9-14-10-19-11-20-14/h7-8,10-11,16H,3-6,9,18H2,1-2H3,(H,19,20)/t16-/m0/s1. The van der Waals surface area contributed by atoms with Crippen LogP contribution in [0.15, 0.2) is 24.7 Å². The number of rotatable bonds is 4. The maximum absolute atomic E-state index is 12.5. The fourth-order valence-corrected chi connectivity index (χ4v) is 3.14. The molecular formula is C17H24N6O. The maximum Gasteiger partial charge on any atom is 0.240 e. The Bertz CT molecular complexity index is 671. The number of hydrogen-bond donors (Lipinski definition) is 2. The highest BCUT2D eigenvalue weighted by Crippen LogP contribution is 2.18. The summed E-state index contributed by atoms with van der Waals surface area (Å²) in [5.74, 6) is 0.00587. The Hall–Kier alpha value is -2.41. The van der Waals surface area contributed by atoms with E-state index in [4.69, 9.17) is 5.73 Å². The summed E-state index contributed by atoms with van der Waals surface area (Å²) in [7, 11) is 0. The minimum absolute atomic E-state index is 0.00587. The van der Waals surface area contributed by atoms with Crippen molar-refractivity contribution in [3.63, 3.8) is 0 Å². The molecule has 0 saturated carbocycles. The van der Waals surface area contributed by atoms with Crippen LogP contribution < -0.4 is 10.6 Å². The number of anilines is 1. The van der Waals surface area contributed by atoms with E-state index in [1.807, 2.05) is 18.7 Å². The maximum atomic E-state index is 12.5. The van der Waals surface area contributed by atoms with Gasteiger partial charge in [0, 0.05) is 61.6 Å². The van der Waals surface area contributed by atoms with Crippen LogP contribution in [0.3, 0.4) is 0 Å². The molecule has 128 valence electrons. The highest BCUT2D eigenvalue weighted by atomic mass is 16.2. The summed E-state index contributed by atoms with van der Waals surface area (Å²) in [6.07, 6.45) is 3.80. The third kappa shape index (κ3) is 3.73. The molecule has 2 aromatic rings. The van der Waals surface area contributed by atoms with Gasteiger partial charge in [-0.25, -0.2) is 4.98 Å². The summed E-state index contributed by atoms with van der Waals surface area (Å²) in [5.41, 5.74) is 10.2. The van der Waals surface area contributed by atoms with Crippen molar-refractivity contribution in [3.8, 4) is 0 Å². The Balaban J connectivity index is 1.57. The molecule has 1 saturated heterocycles. The first-order valence-corrected chi connectivity index (χ1v) is 8.25. The van der Waals surface area contributed by atoms with Crippen LogP contribution >= 0.6 is 0 Å². The lowest BCUT2D eigenvalue weighted by atomic mass is 10.1. The Morgan fingerprint density at radius 2 is 1.92 bits per heavy atom. The normalized spacial score (nSPS) is 16.3. The third-order valence-electron chi connectivity index (χ3n) is 4.33. The van der Waals surface area contributed by atoms with Gasteiger partial charge in [0.1, 0.15) is 0 Å². The van der Waals surface area contributed by atoms with E-state index in [0.29, 0.717) is 19.5 Å². The van der Waals surface area contributed by atoms with Gasteiger partial charge >= 0.3 is 0 Å². The molecule has 1 atom stereocenters. The Morgan fingerprint density at radius 3 is 2.50 bits per heavy atom. The van der Waals surface area contributed by atoms with Gasteiger partial charge in [-0.2, -0.15) is 0 Å². The highest BCUT2D eigenvalue weighted by Gasteiger charge is 2.26. The van der Waals surface area contributed by atoms with Gasteiger partial charge in [-0.15, -0.1) is 0 Å². The van der Waals surface area contributed by atoms with Crippen LogP contribution in [0.5, 0.6) is 0 Å². The third-order valence-corrected chi connectivity index (χ3v) is 4.33. The van der Waals surface area contributed by atoms with E-state index in [1.54, 1.807) is 12.5 Å². The summed E-state index contributed by atoms with van der Waals surface area (Å²) in [6, 6.07) is 3.66. The summed E-state index contributed by atoms with van der Waals surface area (Å²) in [6.45, 7) is 7.01. The zero-order valence-electron chi connectivity index (χ0n) is 14.2. The first kappa shape index (κ1) is 16.4. The fourth-order valence-electron chi connectivity index (χ4n) is 3.14. The number of H-pyrrole nitrogens is 1. The molecule has 1 aliphatic rings. The van der Waals surface area contributed by atoms with Crippen molar-refractivity contribution in [3.05, 3.63) is 41.7 Å². The van der Waals surface area contributed by atoms with Crippen molar-refractivity contribution in [2.24, 2.45) is 5.73 Å². The SMILES string of the molecule is Cc1cc(N2CCN(C(=O)[C@@H](N)Cc3cnc[nH]3)CC2)cc(C)n1. The molecule has 7 nitrogen and oxygen atoms in total. The largest absolute Gasteiger partial charge is 0.368 e. The number of amides is 1. The lowest BCUT2D eigenvalue weighted by molar-refractivity contribution is -0.132. The molecule has 1 fully saturated rings. The molecule has 1 aliphatic heterocycles. The van der Waals surface area contributed by atoms with Crippen LogP contribution in [0, 0.1) is 13.8 Å². The molecule has 0 aromatic carbocycles. The topological polar surface area (TPSA) is 91.1 Å². The van der Waals surface area contributed by atoms with Crippen molar-refractivity contribution in [2.45, 2.75) is 26.3 Å². The summed E-state index contributed by atoms with van der Waals surface area (Å²) >= 11 is 0. The van der Waals surface area contributed by atoms with Gasteiger partial charge in [0.25, 0.3) is 0 Å². The molecule has 0 spiro atoms. The van der Waals surface area contributed by atoms with Gasteiger partial charge in [0.2, 0.25) is 5.91 Å². The molecule has 3 rings (SSSR count). The van der Waals surface area contributed by atoms with Crippen molar-refractivity contribution in [1.29, 1.82) is 0 Å². The van der Waals surface area contributed by atoms with Crippen molar-refractivity contribution >= 4 is 11.6 Å². The highest BCUT2D eigenvalue weighted by molar-refractivity contribution is 5.82. The smallest absolute Gasteiger partial charge is 0.240 e. The number of nitrogens with two attached hydrogens (primary N) is 1. The van der Waals surface area contributed by atoms with E-state index >= 15 is 0 Å². The minimum Gasteiger partial charge on any atom is -0.368 e. The average Bonchev–Trinajstić information content (AvgIpc) is 3.06. The number of piperazine rings is 1. The van der Waals surface area contributed by atoms with Gasteiger partial charge in [0.05, 0.1) is 12.4 Å². The molecule has 0 aliphatic carbocycles. The number of aromatic nitrogens is 3. The number of aromatic amines is 1. The second-order valence-corrected chi connectivity index (χ2v) is 6.31. The number of pyridine rings is 1. The van der Waals surface area contributed by atoms with E-state index in [0.717, 1.165) is 30.2 Å². The predicted octanol–water partition coefficient (Wildman–Crippen LogP) is 0.640. The number of hydrogen-bond acceptors (Lipinski definition) is 5. The van der Waals surface area contributed by atoms with Crippen molar-refractivity contribution in [2.75, 3.05) is 31.1 Å². The van der Waals surface area contributed by atoms with Crippen LogP contribution in [0.4, 0.5) is 5.69 Å².